The maximum Gasteiger partial charge on any atom is 0.120 e. The van der Waals surface area contributed by atoms with E-state index in [1.54, 1.807) is 0 Å². The fourth-order valence-corrected chi connectivity index (χ4v) is 1.17. The van der Waals surface area contributed by atoms with Gasteiger partial charge in [-0.15, -0.1) is 12.4 Å². The summed E-state index contributed by atoms with van der Waals surface area (Å²) in [6.07, 6.45) is 0.949. The van der Waals surface area contributed by atoms with Crippen molar-refractivity contribution in [2.75, 3.05) is 13.6 Å². The zero-order chi connectivity index (χ0) is 6.85. The van der Waals surface area contributed by atoms with Crippen LogP contribution >= 0.6 is 12.4 Å². The zero-order valence-electron chi connectivity index (χ0n) is 6.37. The molecule has 0 aliphatic carbocycles. The number of nitrogens with zero attached hydrogens (tertiary/aromatic N) is 2. The third-order valence-electron chi connectivity index (χ3n) is 1.43. The van der Waals surface area contributed by atoms with Crippen molar-refractivity contribution < 1.29 is 0 Å². The number of hydrogen-bond donors (Lipinski definition) is 1. The topological polar surface area (TPSA) is 41.6 Å². The van der Waals surface area contributed by atoms with Crippen molar-refractivity contribution in [3.63, 3.8) is 0 Å². The highest BCUT2D eigenvalue weighted by Crippen LogP contribution is 2.08. The van der Waals surface area contributed by atoms with Crippen molar-refractivity contribution in [2.24, 2.45) is 16.8 Å². The van der Waals surface area contributed by atoms with Crippen LogP contribution in [0.25, 0.3) is 0 Å². The second-order valence-corrected chi connectivity index (χ2v) is 2.74. The molecule has 3 nitrogen and oxygen atoms in total. The van der Waals surface area contributed by atoms with E-state index in [0.29, 0.717) is 5.92 Å². The van der Waals surface area contributed by atoms with Gasteiger partial charge in [-0.2, -0.15) is 5.10 Å². The van der Waals surface area contributed by atoms with E-state index in [1.165, 1.54) is 0 Å². The largest absolute Gasteiger partial charge is 0.386 e. The van der Waals surface area contributed by atoms with Gasteiger partial charge >= 0.3 is 0 Å². The number of hydrogen-bond acceptors (Lipinski definition) is 3. The summed E-state index contributed by atoms with van der Waals surface area (Å²) in [6.45, 7) is 3.21. The number of halogens is 1. The Morgan fingerprint density at radius 3 is 2.70 bits per heavy atom. The number of amidine groups is 1. The lowest BCUT2D eigenvalue weighted by molar-refractivity contribution is 0.282. The number of rotatable bonds is 0. The van der Waals surface area contributed by atoms with E-state index in [0.717, 1.165) is 18.8 Å². The minimum atomic E-state index is 0. The Hall–Kier alpha value is -0.440. The van der Waals surface area contributed by atoms with E-state index < -0.39 is 0 Å². The van der Waals surface area contributed by atoms with Gasteiger partial charge in [0.15, 0.2) is 0 Å². The number of hydrazone groups is 1. The Balaban J connectivity index is 0.000000810. The van der Waals surface area contributed by atoms with Gasteiger partial charge in [0.25, 0.3) is 0 Å². The summed E-state index contributed by atoms with van der Waals surface area (Å²) in [4.78, 5) is 0. The highest BCUT2D eigenvalue weighted by molar-refractivity contribution is 5.85. The summed E-state index contributed by atoms with van der Waals surface area (Å²) >= 11 is 0. The summed E-state index contributed by atoms with van der Waals surface area (Å²) in [5.74, 6) is 1.42. The highest BCUT2D eigenvalue weighted by Gasteiger charge is 2.12. The van der Waals surface area contributed by atoms with Gasteiger partial charge in [0, 0.05) is 20.0 Å². The molecule has 1 atom stereocenters. The lowest BCUT2D eigenvalue weighted by atomic mass is 10.1. The Labute approximate surface area is 67.7 Å². The summed E-state index contributed by atoms with van der Waals surface area (Å²) in [7, 11) is 1.95. The van der Waals surface area contributed by atoms with Gasteiger partial charge in [0.1, 0.15) is 5.84 Å². The molecule has 0 aromatic rings. The molecule has 0 aromatic heterocycles. The van der Waals surface area contributed by atoms with Gasteiger partial charge in [-0.25, -0.2) is 0 Å². The fourth-order valence-electron chi connectivity index (χ4n) is 1.17. The first-order valence-corrected chi connectivity index (χ1v) is 3.22. The first-order valence-electron chi connectivity index (χ1n) is 3.22. The molecule has 60 valence electrons. The van der Waals surface area contributed by atoms with E-state index in [4.69, 9.17) is 5.73 Å². The van der Waals surface area contributed by atoms with Crippen LogP contribution in [0.4, 0.5) is 0 Å². The molecule has 1 aliphatic rings. The molecule has 0 amide bonds. The van der Waals surface area contributed by atoms with E-state index in [2.05, 4.69) is 12.0 Å². The SMILES string of the molecule is CC1CC(N)=NN(C)C1.Cl. The maximum atomic E-state index is 5.52. The zero-order valence-corrected chi connectivity index (χ0v) is 7.19. The van der Waals surface area contributed by atoms with E-state index in [-0.39, 0.29) is 12.4 Å². The minimum absolute atomic E-state index is 0. The fraction of sp³-hybridized carbons (Fsp3) is 0.833. The predicted octanol–water partition coefficient (Wildman–Crippen LogP) is 0.652. The van der Waals surface area contributed by atoms with Gasteiger partial charge in [0.05, 0.1) is 0 Å². The number of nitrogens with two attached hydrogens (primary N) is 1. The molecule has 1 rings (SSSR count). The van der Waals surface area contributed by atoms with Crippen molar-refractivity contribution in [1.82, 2.24) is 5.01 Å². The quantitative estimate of drug-likeness (QED) is 0.570. The Morgan fingerprint density at radius 1 is 1.70 bits per heavy atom. The highest BCUT2D eigenvalue weighted by atomic mass is 35.5. The van der Waals surface area contributed by atoms with Gasteiger partial charge in [-0.05, 0) is 5.92 Å². The molecule has 10 heavy (non-hydrogen) atoms. The van der Waals surface area contributed by atoms with Crippen LogP contribution in [-0.4, -0.2) is 24.4 Å². The van der Waals surface area contributed by atoms with Crippen molar-refractivity contribution in [3.05, 3.63) is 0 Å². The van der Waals surface area contributed by atoms with E-state index in [1.807, 2.05) is 12.1 Å². The van der Waals surface area contributed by atoms with Crippen LogP contribution in [0.5, 0.6) is 0 Å². The minimum Gasteiger partial charge on any atom is -0.386 e. The van der Waals surface area contributed by atoms with Crippen molar-refractivity contribution in [1.29, 1.82) is 0 Å². The lowest BCUT2D eigenvalue weighted by Gasteiger charge is -2.24. The Morgan fingerprint density at radius 2 is 2.30 bits per heavy atom. The predicted molar refractivity (Wildman–Crippen MR) is 45.3 cm³/mol. The summed E-state index contributed by atoms with van der Waals surface area (Å²) in [5, 5.41) is 5.95. The van der Waals surface area contributed by atoms with Gasteiger partial charge in [-0.3, -0.25) is 5.01 Å². The second kappa shape index (κ2) is 3.66. The molecule has 4 heteroatoms. The monoisotopic (exact) mass is 163 g/mol. The molecule has 0 saturated heterocycles. The third kappa shape index (κ3) is 2.43. The smallest absolute Gasteiger partial charge is 0.120 e. The van der Waals surface area contributed by atoms with E-state index >= 15 is 0 Å². The van der Waals surface area contributed by atoms with Crippen LogP contribution in [0.2, 0.25) is 0 Å². The van der Waals surface area contributed by atoms with Crippen molar-refractivity contribution >= 4 is 18.2 Å². The van der Waals surface area contributed by atoms with Crippen molar-refractivity contribution in [2.45, 2.75) is 13.3 Å². The lowest BCUT2D eigenvalue weighted by Crippen LogP contribution is -2.32. The molecular weight excluding hydrogens is 150 g/mol. The molecule has 0 saturated carbocycles. The Bertz CT molecular complexity index is 135. The van der Waals surface area contributed by atoms with Crippen LogP contribution in [0, 0.1) is 5.92 Å². The van der Waals surface area contributed by atoms with Crippen LogP contribution in [0.15, 0.2) is 5.10 Å². The van der Waals surface area contributed by atoms with Crippen LogP contribution in [-0.2, 0) is 0 Å². The molecule has 1 unspecified atom stereocenters. The molecule has 0 bridgehead atoms. The second-order valence-electron chi connectivity index (χ2n) is 2.74. The molecule has 0 spiro atoms. The molecular formula is C6H14ClN3. The average molecular weight is 164 g/mol. The van der Waals surface area contributed by atoms with Gasteiger partial charge in [-0.1, -0.05) is 6.92 Å². The molecule has 2 N–H and O–H groups in total. The van der Waals surface area contributed by atoms with Crippen LogP contribution < -0.4 is 5.73 Å². The summed E-state index contributed by atoms with van der Waals surface area (Å²) < 4.78 is 0. The van der Waals surface area contributed by atoms with Crippen molar-refractivity contribution in [3.8, 4) is 0 Å². The molecule has 0 radical (unpaired) electrons. The summed E-state index contributed by atoms with van der Waals surface area (Å²) in [5.41, 5.74) is 5.52. The summed E-state index contributed by atoms with van der Waals surface area (Å²) in [6, 6.07) is 0. The standard InChI is InChI=1S/C6H13N3.ClH/c1-5-3-6(7)8-9(2)4-5;/h5H,3-4H2,1-2H3,(H2,7,8);1H. The van der Waals surface area contributed by atoms with Gasteiger partial charge < -0.3 is 5.73 Å². The normalized spacial score (nSPS) is 25.2. The first kappa shape index (κ1) is 9.56. The average Bonchev–Trinajstić information content (AvgIpc) is 1.59. The van der Waals surface area contributed by atoms with Gasteiger partial charge in [0.2, 0.25) is 0 Å². The first-order chi connectivity index (χ1) is 4.18. The molecule has 0 aromatic carbocycles. The van der Waals surface area contributed by atoms with Crippen LogP contribution in [0.1, 0.15) is 13.3 Å². The molecule has 1 heterocycles. The Kier molecular flexibility index (Phi) is 3.50. The molecule has 1 aliphatic heterocycles. The van der Waals surface area contributed by atoms with E-state index in [9.17, 15) is 0 Å². The molecule has 0 fully saturated rings. The van der Waals surface area contributed by atoms with Crippen LogP contribution in [0.3, 0.4) is 0 Å². The third-order valence-corrected chi connectivity index (χ3v) is 1.43. The maximum absolute atomic E-state index is 5.52.